The molecule has 0 radical (unpaired) electrons. The number of rotatable bonds is 5. The van der Waals surface area contributed by atoms with Crippen LogP contribution in [0.3, 0.4) is 0 Å². The normalized spacial score (nSPS) is 10.1. The number of aromatic amines is 2. The molecule has 1 amide bonds. The average molecular weight is 198 g/mol. The largest absolute Gasteiger partial charge is 0.349 e. The number of hydrogen-bond donors (Lipinski definition) is 3. The van der Waals surface area contributed by atoms with Gasteiger partial charge in [0.1, 0.15) is 0 Å². The highest BCUT2D eigenvalue weighted by Gasteiger charge is 2.07. The van der Waals surface area contributed by atoms with Gasteiger partial charge in [-0.3, -0.25) is 9.78 Å². The molecule has 1 aromatic heterocycles. The van der Waals surface area contributed by atoms with Gasteiger partial charge < -0.3 is 5.32 Å². The van der Waals surface area contributed by atoms with Crippen molar-refractivity contribution in [3.05, 3.63) is 16.3 Å². The van der Waals surface area contributed by atoms with Crippen molar-refractivity contribution in [1.29, 1.82) is 0 Å². The number of hydrogen-bond acceptors (Lipinski definition) is 3. The molecule has 0 spiro atoms. The van der Waals surface area contributed by atoms with Crippen molar-refractivity contribution in [3.8, 4) is 0 Å². The van der Waals surface area contributed by atoms with Crippen molar-refractivity contribution in [2.75, 3.05) is 6.54 Å². The number of aromatic nitrogens is 3. The number of carbonyl (C=O) groups is 1. The van der Waals surface area contributed by atoms with Crippen LogP contribution in [0.1, 0.15) is 36.8 Å². The number of unbranched alkanes of at least 4 members (excludes halogenated alkanes) is 2. The molecule has 0 bridgehead atoms. The van der Waals surface area contributed by atoms with Gasteiger partial charge in [-0.25, -0.2) is 9.89 Å². The fraction of sp³-hybridized carbons (Fsp3) is 0.625. The van der Waals surface area contributed by atoms with E-state index in [2.05, 4.69) is 27.4 Å². The summed E-state index contributed by atoms with van der Waals surface area (Å²) >= 11 is 0. The van der Waals surface area contributed by atoms with E-state index in [-0.39, 0.29) is 11.7 Å². The number of nitrogens with one attached hydrogen (secondary N) is 3. The molecule has 1 heterocycles. The van der Waals surface area contributed by atoms with E-state index < -0.39 is 5.69 Å². The first-order valence-corrected chi connectivity index (χ1v) is 4.67. The zero-order valence-corrected chi connectivity index (χ0v) is 8.09. The topological polar surface area (TPSA) is 90.6 Å². The molecule has 0 aliphatic heterocycles. The molecule has 0 aliphatic carbocycles. The van der Waals surface area contributed by atoms with E-state index in [0.29, 0.717) is 6.54 Å². The average Bonchev–Trinajstić information content (AvgIpc) is 2.59. The Morgan fingerprint density at radius 2 is 2.29 bits per heavy atom. The van der Waals surface area contributed by atoms with E-state index in [1.54, 1.807) is 0 Å². The van der Waals surface area contributed by atoms with Crippen LogP contribution < -0.4 is 11.0 Å². The number of H-pyrrole nitrogens is 2. The fourth-order valence-corrected chi connectivity index (χ4v) is 1.04. The lowest BCUT2D eigenvalue weighted by atomic mass is 10.2. The minimum Gasteiger partial charge on any atom is -0.349 e. The first kappa shape index (κ1) is 10.5. The van der Waals surface area contributed by atoms with Crippen molar-refractivity contribution >= 4 is 5.91 Å². The molecule has 0 aliphatic rings. The smallest absolute Gasteiger partial charge is 0.341 e. The summed E-state index contributed by atoms with van der Waals surface area (Å²) < 4.78 is 0. The summed E-state index contributed by atoms with van der Waals surface area (Å²) in [6.45, 7) is 2.70. The summed E-state index contributed by atoms with van der Waals surface area (Å²) in [5, 5.41) is 8.29. The first-order valence-electron chi connectivity index (χ1n) is 4.67. The molecule has 14 heavy (non-hydrogen) atoms. The monoisotopic (exact) mass is 198 g/mol. The maximum Gasteiger partial charge on any atom is 0.341 e. The second-order valence-corrected chi connectivity index (χ2v) is 2.99. The minimum atomic E-state index is -0.469. The molecule has 6 nitrogen and oxygen atoms in total. The molecule has 1 rings (SSSR count). The number of amides is 1. The summed E-state index contributed by atoms with van der Waals surface area (Å²) in [5.41, 5.74) is -0.469. The predicted molar refractivity (Wildman–Crippen MR) is 51.1 cm³/mol. The third-order valence-electron chi connectivity index (χ3n) is 1.78. The van der Waals surface area contributed by atoms with Gasteiger partial charge in [0.15, 0.2) is 0 Å². The molecule has 0 fully saturated rings. The van der Waals surface area contributed by atoms with Gasteiger partial charge in [-0.05, 0) is 6.42 Å². The summed E-state index contributed by atoms with van der Waals surface area (Å²) in [4.78, 5) is 24.2. The van der Waals surface area contributed by atoms with Gasteiger partial charge in [-0.2, -0.15) is 0 Å². The third-order valence-corrected chi connectivity index (χ3v) is 1.78. The summed E-state index contributed by atoms with van der Waals surface area (Å²) in [7, 11) is 0. The van der Waals surface area contributed by atoms with Crippen LogP contribution in [0.5, 0.6) is 0 Å². The Bertz CT molecular complexity index is 341. The third kappa shape index (κ3) is 3.04. The predicted octanol–water partition coefficient (Wildman–Crippen LogP) is 0.0180. The Morgan fingerprint density at radius 3 is 2.86 bits per heavy atom. The maximum absolute atomic E-state index is 11.3. The molecule has 0 saturated heterocycles. The van der Waals surface area contributed by atoms with E-state index in [1.165, 1.54) is 0 Å². The Kier molecular flexibility index (Phi) is 3.90. The summed E-state index contributed by atoms with van der Waals surface area (Å²) in [6.07, 6.45) is 3.13. The second-order valence-electron chi connectivity index (χ2n) is 2.99. The molecule has 3 N–H and O–H groups in total. The van der Waals surface area contributed by atoms with Crippen LogP contribution in [-0.4, -0.2) is 27.6 Å². The quantitative estimate of drug-likeness (QED) is 0.582. The highest BCUT2D eigenvalue weighted by molar-refractivity contribution is 5.90. The van der Waals surface area contributed by atoms with Crippen LogP contribution in [0.15, 0.2) is 4.79 Å². The highest BCUT2D eigenvalue weighted by Crippen LogP contribution is 1.91. The minimum absolute atomic E-state index is 0.0338. The molecular formula is C8H14N4O2. The Morgan fingerprint density at radius 1 is 1.50 bits per heavy atom. The van der Waals surface area contributed by atoms with Crippen LogP contribution >= 0.6 is 0 Å². The lowest BCUT2D eigenvalue weighted by molar-refractivity contribution is 0.0943. The molecule has 0 unspecified atom stereocenters. The molecule has 0 aromatic carbocycles. The van der Waals surface area contributed by atoms with Gasteiger partial charge in [0.05, 0.1) is 0 Å². The molecule has 6 heteroatoms. The summed E-state index contributed by atoms with van der Waals surface area (Å²) in [5.74, 6) is -0.314. The van der Waals surface area contributed by atoms with Gasteiger partial charge in [0, 0.05) is 6.54 Å². The van der Waals surface area contributed by atoms with E-state index in [1.807, 2.05) is 0 Å². The molecule has 1 aromatic rings. The van der Waals surface area contributed by atoms with Gasteiger partial charge in [0.25, 0.3) is 5.91 Å². The molecule has 0 atom stereocenters. The van der Waals surface area contributed by atoms with Gasteiger partial charge in [0.2, 0.25) is 5.82 Å². The van der Waals surface area contributed by atoms with Crippen molar-refractivity contribution in [2.45, 2.75) is 26.2 Å². The highest BCUT2D eigenvalue weighted by atomic mass is 16.2. The van der Waals surface area contributed by atoms with E-state index in [0.717, 1.165) is 19.3 Å². The first-order chi connectivity index (χ1) is 6.74. The SMILES string of the molecule is CCCCCNC(=O)c1n[nH]c(=O)[nH]1. The van der Waals surface area contributed by atoms with Gasteiger partial charge in [-0.1, -0.05) is 19.8 Å². The standard InChI is InChI=1S/C8H14N4O2/c1-2-3-4-5-9-7(13)6-10-8(14)12-11-6/h2-5H2,1H3,(H,9,13)(H2,10,11,12,14). The maximum atomic E-state index is 11.3. The van der Waals surface area contributed by atoms with Gasteiger partial charge in [-0.15, -0.1) is 5.10 Å². The van der Waals surface area contributed by atoms with Crippen molar-refractivity contribution < 1.29 is 4.79 Å². The molecule has 78 valence electrons. The lowest BCUT2D eigenvalue weighted by Crippen LogP contribution is -2.25. The Labute approximate surface area is 81.1 Å². The number of carbonyl (C=O) groups excluding carboxylic acids is 1. The number of nitrogens with zero attached hydrogens (tertiary/aromatic N) is 1. The van der Waals surface area contributed by atoms with Crippen molar-refractivity contribution in [3.63, 3.8) is 0 Å². The van der Waals surface area contributed by atoms with Crippen LogP contribution in [-0.2, 0) is 0 Å². The van der Waals surface area contributed by atoms with Crippen LogP contribution in [0, 0.1) is 0 Å². The van der Waals surface area contributed by atoms with Crippen molar-refractivity contribution in [2.24, 2.45) is 0 Å². The molecule has 0 saturated carbocycles. The van der Waals surface area contributed by atoms with E-state index in [4.69, 9.17) is 0 Å². The fourth-order valence-electron chi connectivity index (χ4n) is 1.04. The Hall–Kier alpha value is -1.59. The second kappa shape index (κ2) is 5.21. The lowest BCUT2D eigenvalue weighted by Gasteiger charge is -2.00. The molecular weight excluding hydrogens is 184 g/mol. The van der Waals surface area contributed by atoms with Crippen LogP contribution in [0.25, 0.3) is 0 Å². The summed E-state index contributed by atoms with van der Waals surface area (Å²) in [6, 6.07) is 0. The zero-order valence-electron chi connectivity index (χ0n) is 8.09. The van der Waals surface area contributed by atoms with Crippen LogP contribution in [0.4, 0.5) is 0 Å². The van der Waals surface area contributed by atoms with Gasteiger partial charge >= 0.3 is 5.69 Å². The van der Waals surface area contributed by atoms with Crippen molar-refractivity contribution in [1.82, 2.24) is 20.5 Å². The van der Waals surface area contributed by atoms with E-state index in [9.17, 15) is 9.59 Å². The van der Waals surface area contributed by atoms with Crippen LogP contribution in [0.2, 0.25) is 0 Å². The van der Waals surface area contributed by atoms with E-state index >= 15 is 0 Å². The Balaban J connectivity index is 2.32. The zero-order chi connectivity index (χ0) is 10.4.